The number of benzene rings is 1. The summed E-state index contributed by atoms with van der Waals surface area (Å²) in [5.41, 5.74) is 1.46. The maximum atomic E-state index is 11.7. The molecular weight excluding hydrogens is 204 g/mol. The number of aliphatic hydroxyl groups excluding tert-OH is 1. The van der Waals surface area contributed by atoms with Gasteiger partial charge in [-0.1, -0.05) is 18.2 Å². The Kier molecular flexibility index (Phi) is 3.54. The van der Waals surface area contributed by atoms with E-state index in [2.05, 4.69) is 10.6 Å². The highest BCUT2D eigenvalue weighted by atomic mass is 16.3. The highest BCUT2D eigenvalue weighted by molar-refractivity contribution is 5.91. The molecular formula is C12H16N2O2. The summed E-state index contributed by atoms with van der Waals surface area (Å²) in [6.07, 6.45) is 0.548. The Morgan fingerprint density at radius 2 is 2.19 bits per heavy atom. The maximum Gasteiger partial charge on any atom is 0.224 e. The Hall–Kier alpha value is -1.39. The highest BCUT2D eigenvalue weighted by Gasteiger charge is 2.20. The number of amides is 1. The van der Waals surface area contributed by atoms with Crippen LogP contribution in [0.1, 0.15) is 12.0 Å². The minimum Gasteiger partial charge on any atom is -0.392 e. The summed E-state index contributed by atoms with van der Waals surface area (Å²) in [7, 11) is 0. The van der Waals surface area contributed by atoms with Crippen LogP contribution in [0.3, 0.4) is 0 Å². The number of aliphatic hydroxyl groups is 1. The molecule has 16 heavy (non-hydrogen) atoms. The van der Waals surface area contributed by atoms with Crippen LogP contribution in [0.4, 0.5) is 5.69 Å². The first-order valence-electron chi connectivity index (χ1n) is 5.49. The molecule has 2 rings (SSSR count). The molecule has 1 fully saturated rings. The average Bonchev–Trinajstić information content (AvgIpc) is 2.24. The minimum atomic E-state index is -0.0541. The topological polar surface area (TPSA) is 61.4 Å². The number of nitrogens with one attached hydrogen (secondary N) is 2. The first-order chi connectivity index (χ1) is 7.79. The molecule has 1 amide bonds. The molecule has 4 nitrogen and oxygen atoms in total. The number of hydrogen-bond acceptors (Lipinski definition) is 3. The summed E-state index contributed by atoms with van der Waals surface area (Å²) in [5, 5.41) is 15.1. The molecule has 1 aromatic carbocycles. The highest BCUT2D eigenvalue weighted by Crippen LogP contribution is 2.16. The third kappa shape index (κ3) is 2.59. The van der Waals surface area contributed by atoms with Crippen LogP contribution in [0.25, 0.3) is 0 Å². The molecule has 0 bridgehead atoms. The predicted molar refractivity (Wildman–Crippen MR) is 62.0 cm³/mol. The summed E-state index contributed by atoms with van der Waals surface area (Å²) in [6.45, 7) is 1.80. The van der Waals surface area contributed by atoms with Crippen LogP contribution < -0.4 is 10.6 Å². The fraction of sp³-hybridized carbons (Fsp3) is 0.417. The first-order valence-corrected chi connectivity index (χ1v) is 5.49. The molecule has 0 atom stereocenters. The van der Waals surface area contributed by atoms with E-state index in [0.29, 0.717) is 18.0 Å². The lowest BCUT2D eigenvalue weighted by Gasteiger charge is -2.26. The molecule has 1 aromatic rings. The van der Waals surface area contributed by atoms with Gasteiger partial charge in [0.25, 0.3) is 0 Å². The monoisotopic (exact) mass is 220 g/mol. The van der Waals surface area contributed by atoms with Crippen molar-refractivity contribution in [1.29, 1.82) is 0 Å². The van der Waals surface area contributed by atoms with Gasteiger partial charge >= 0.3 is 0 Å². The van der Waals surface area contributed by atoms with Crippen molar-refractivity contribution in [3.8, 4) is 0 Å². The van der Waals surface area contributed by atoms with Crippen LogP contribution in [-0.4, -0.2) is 24.1 Å². The number of carbonyl (C=O) groups excluding carboxylic acids is 1. The molecule has 0 radical (unpaired) electrons. The van der Waals surface area contributed by atoms with E-state index in [1.165, 1.54) is 0 Å². The van der Waals surface area contributed by atoms with Gasteiger partial charge in [-0.15, -0.1) is 0 Å². The van der Waals surface area contributed by atoms with E-state index in [4.69, 9.17) is 5.11 Å². The van der Waals surface area contributed by atoms with Crippen LogP contribution >= 0.6 is 0 Å². The molecule has 1 aliphatic rings. The first kappa shape index (κ1) is 11.1. The number of carbonyl (C=O) groups is 1. The number of rotatable bonds is 4. The number of hydrogen-bond donors (Lipinski definition) is 3. The Bertz CT molecular complexity index is 375. The van der Waals surface area contributed by atoms with Gasteiger partial charge in [0.05, 0.1) is 6.61 Å². The second-order valence-electron chi connectivity index (χ2n) is 4.09. The summed E-state index contributed by atoms with van der Waals surface area (Å²) in [4.78, 5) is 11.7. The zero-order chi connectivity index (χ0) is 11.4. The Labute approximate surface area is 94.7 Å². The molecule has 0 saturated carbocycles. The molecule has 0 unspecified atom stereocenters. The normalized spacial score (nSPS) is 15.6. The van der Waals surface area contributed by atoms with Crippen molar-refractivity contribution in [2.45, 2.75) is 13.0 Å². The predicted octanol–water partition coefficient (Wildman–Crippen LogP) is 0.727. The van der Waals surface area contributed by atoms with Gasteiger partial charge in [0.15, 0.2) is 0 Å². The second kappa shape index (κ2) is 5.09. The smallest absolute Gasteiger partial charge is 0.224 e. The molecule has 1 saturated heterocycles. The van der Waals surface area contributed by atoms with E-state index in [-0.39, 0.29) is 12.5 Å². The molecule has 0 aliphatic carbocycles. The molecule has 0 aromatic heterocycles. The van der Waals surface area contributed by atoms with Crippen molar-refractivity contribution in [2.24, 2.45) is 5.92 Å². The van der Waals surface area contributed by atoms with Gasteiger partial charge in [0.1, 0.15) is 0 Å². The third-order valence-corrected chi connectivity index (χ3v) is 2.80. The lowest BCUT2D eigenvalue weighted by molar-refractivity contribution is -0.117. The van der Waals surface area contributed by atoms with Crippen molar-refractivity contribution in [2.75, 3.05) is 18.4 Å². The van der Waals surface area contributed by atoms with Gasteiger partial charge in [-0.2, -0.15) is 0 Å². The Morgan fingerprint density at radius 3 is 2.81 bits per heavy atom. The van der Waals surface area contributed by atoms with Crippen molar-refractivity contribution in [1.82, 2.24) is 5.32 Å². The second-order valence-corrected chi connectivity index (χ2v) is 4.09. The van der Waals surface area contributed by atoms with Crippen molar-refractivity contribution in [3.05, 3.63) is 29.8 Å². The standard InChI is InChI=1S/C12H16N2O2/c15-8-10-3-1-2-4-11(10)14-12(16)5-9-6-13-7-9/h1-4,9,13,15H,5-8H2,(H,14,16). The van der Waals surface area contributed by atoms with Gasteiger partial charge in [-0.25, -0.2) is 0 Å². The van der Waals surface area contributed by atoms with E-state index < -0.39 is 0 Å². The van der Waals surface area contributed by atoms with Crippen molar-refractivity contribution >= 4 is 11.6 Å². The van der Waals surface area contributed by atoms with Crippen LogP contribution in [0.15, 0.2) is 24.3 Å². The van der Waals surface area contributed by atoms with Crippen LogP contribution in [-0.2, 0) is 11.4 Å². The van der Waals surface area contributed by atoms with Crippen molar-refractivity contribution in [3.63, 3.8) is 0 Å². The van der Waals surface area contributed by atoms with E-state index in [0.717, 1.165) is 18.7 Å². The molecule has 3 N–H and O–H groups in total. The molecule has 86 valence electrons. The van der Waals surface area contributed by atoms with Gasteiger partial charge < -0.3 is 15.7 Å². The van der Waals surface area contributed by atoms with E-state index in [1.807, 2.05) is 18.2 Å². The van der Waals surface area contributed by atoms with E-state index >= 15 is 0 Å². The largest absolute Gasteiger partial charge is 0.392 e. The lowest BCUT2D eigenvalue weighted by atomic mass is 9.99. The van der Waals surface area contributed by atoms with E-state index in [9.17, 15) is 4.79 Å². The number of para-hydroxylation sites is 1. The van der Waals surface area contributed by atoms with Crippen LogP contribution in [0, 0.1) is 5.92 Å². The van der Waals surface area contributed by atoms with Gasteiger partial charge in [0.2, 0.25) is 5.91 Å². The third-order valence-electron chi connectivity index (χ3n) is 2.80. The van der Waals surface area contributed by atoms with Crippen LogP contribution in [0.5, 0.6) is 0 Å². The molecule has 4 heteroatoms. The Morgan fingerprint density at radius 1 is 1.44 bits per heavy atom. The lowest BCUT2D eigenvalue weighted by Crippen LogP contribution is -2.43. The number of anilines is 1. The fourth-order valence-corrected chi connectivity index (χ4v) is 1.74. The van der Waals surface area contributed by atoms with Crippen LogP contribution in [0.2, 0.25) is 0 Å². The van der Waals surface area contributed by atoms with Gasteiger partial charge in [-0.3, -0.25) is 4.79 Å². The quantitative estimate of drug-likeness (QED) is 0.701. The zero-order valence-corrected chi connectivity index (χ0v) is 9.07. The summed E-state index contributed by atoms with van der Waals surface area (Å²) >= 11 is 0. The van der Waals surface area contributed by atoms with Gasteiger partial charge in [-0.05, 0) is 25.1 Å². The van der Waals surface area contributed by atoms with Gasteiger partial charge in [0, 0.05) is 17.7 Å². The minimum absolute atomic E-state index is 0.0207. The summed E-state index contributed by atoms with van der Waals surface area (Å²) in [5.74, 6) is 0.480. The average molecular weight is 220 g/mol. The summed E-state index contributed by atoms with van der Waals surface area (Å²) < 4.78 is 0. The fourth-order valence-electron chi connectivity index (χ4n) is 1.74. The zero-order valence-electron chi connectivity index (χ0n) is 9.07. The SMILES string of the molecule is O=C(CC1CNC1)Nc1ccccc1CO. The maximum absolute atomic E-state index is 11.7. The van der Waals surface area contributed by atoms with Crippen molar-refractivity contribution < 1.29 is 9.90 Å². The van der Waals surface area contributed by atoms with E-state index in [1.54, 1.807) is 6.07 Å². The molecule has 1 aliphatic heterocycles. The Balaban J connectivity index is 1.94. The molecule has 1 heterocycles. The molecule has 0 spiro atoms. The summed E-state index contributed by atoms with van der Waals surface area (Å²) in [6, 6.07) is 7.31.